The van der Waals surface area contributed by atoms with Crippen molar-refractivity contribution in [2.75, 3.05) is 20.3 Å². The summed E-state index contributed by atoms with van der Waals surface area (Å²) in [5.74, 6) is -0.0958. The number of nitrogens with zero attached hydrogens (tertiary/aromatic N) is 2. The molecule has 2 rings (SSSR count). The third-order valence-corrected chi connectivity index (χ3v) is 5.43. The highest BCUT2D eigenvalue weighted by Gasteiger charge is 2.21. The van der Waals surface area contributed by atoms with Crippen LogP contribution in [0.1, 0.15) is 11.1 Å². The van der Waals surface area contributed by atoms with E-state index in [1.165, 1.54) is 0 Å². The van der Waals surface area contributed by atoms with Crippen LogP contribution in [0, 0.1) is 6.92 Å². The highest BCUT2D eigenvalue weighted by molar-refractivity contribution is 7.92. The predicted octanol–water partition coefficient (Wildman–Crippen LogP) is 1.85. The fourth-order valence-electron chi connectivity index (χ4n) is 1.68. The Morgan fingerprint density at radius 3 is 2.81 bits per heavy atom. The minimum Gasteiger partial charge on any atom is -0.460 e. The molecule has 1 heterocycles. The van der Waals surface area contributed by atoms with Crippen LogP contribution in [0.15, 0.2) is 28.6 Å². The van der Waals surface area contributed by atoms with Gasteiger partial charge in [0.05, 0.1) is 12.4 Å². The van der Waals surface area contributed by atoms with Crippen molar-refractivity contribution < 1.29 is 17.9 Å². The number of aromatic nitrogens is 2. The minimum absolute atomic E-state index is 0.0311. The number of methoxy groups -OCH3 is 1. The lowest BCUT2D eigenvalue weighted by atomic mass is 10.2. The molecule has 114 valence electrons. The smallest absolute Gasteiger partial charge is 0.329 e. The van der Waals surface area contributed by atoms with Gasteiger partial charge in [-0.3, -0.25) is 0 Å². The van der Waals surface area contributed by atoms with E-state index in [4.69, 9.17) is 9.47 Å². The van der Waals surface area contributed by atoms with Crippen molar-refractivity contribution in [2.24, 2.45) is 0 Å². The molecule has 0 radical (unpaired) electrons. The van der Waals surface area contributed by atoms with Crippen molar-refractivity contribution in [2.45, 2.75) is 17.0 Å². The summed E-state index contributed by atoms with van der Waals surface area (Å²) in [5.41, 5.74) is 1.75. The molecule has 1 aromatic carbocycles. The zero-order chi connectivity index (χ0) is 15.3. The van der Waals surface area contributed by atoms with Crippen molar-refractivity contribution in [3.63, 3.8) is 0 Å². The summed E-state index contributed by atoms with van der Waals surface area (Å²) >= 11 is 0.823. The fourth-order valence-corrected chi connectivity index (χ4v) is 3.75. The van der Waals surface area contributed by atoms with Crippen LogP contribution in [0.25, 0.3) is 0 Å². The van der Waals surface area contributed by atoms with Gasteiger partial charge in [-0.2, -0.15) is 4.98 Å². The SMILES string of the molecule is COCCOc1nsc(S(=O)(=O)Cc2cccc(C)c2)n1. The van der Waals surface area contributed by atoms with E-state index in [9.17, 15) is 8.42 Å². The molecule has 8 heteroatoms. The summed E-state index contributed by atoms with van der Waals surface area (Å²) in [5, 5.41) is 0. The third-order valence-electron chi connectivity index (χ3n) is 2.61. The monoisotopic (exact) mass is 328 g/mol. The quantitative estimate of drug-likeness (QED) is 0.722. The van der Waals surface area contributed by atoms with Crippen molar-refractivity contribution in [3.05, 3.63) is 35.4 Å². The lowest BCUT2D eigenvalue weighted by Crippen LogP contribution is -2.07. The van der Waals surface area contributed by atoms with Gasteiger partial charge in [0.2, 0.25) is 14.2 Å². The molecule has 6 nitrogen and oxygen atoms in total. The van der Waals surface area contributed by atoms with Gasteiger partial charge in [0.25, 0.3) is 0 Å². The van der Waals surface area contributed by atoms with Gasteiger partial charge in [-0.1, -0.05) is 29.8 Å². The highest BCUT2D eigenvalue weighted by Crippen LogP contribution is 2.21. The standard InChI is InChI=1S/C13H16N2O4S2/c1-10-4-3-5-11(8-10)9-21(16,17)13-14-12(15-20-13)19-7-6-18-2/h3-5,8H,6-7,9H2,1-2H3. The molecule has 0 spiro atoms. The predicted molar refractivity (Wildman–Crippen MR) is 79.3 cm³/mol. The minimum atomic E-state index is -3.51. The molecule has 0 aliphatic heterocycles. The summed E-state index contributed by atoms with van der Waals surface area (Å²) in [7, 11) is -1.96. The van der Waals surface area contributed by atoms with Gasteiger partial charge in [-0.25, -0.2) is 8.42 Å². The van der Waals surface area contributed by atoms with Gasteiger partial charge in [0, 0.05) is 18.6 Å². The van der Waals surface area contributed by atoms with Crippen LogP contribution in [0.2, 0.25) is 0 Å². The summed E-state index contributed by atoms with van der Waals surface area (Å²) in [6.45, 7) is 2.60. The second kappa shape index (κ2) is 6.97. The molecule has 0 aliphatic carbocycles. The van der Waals surface area contributed by atoms with Crippen LogP contribution < -0.4 is 4.74 Å². The molecular weight excluding hydrogens is 312 g/mol. The van der Waals surface area contributed by atoms with Gasteiger partial charge < -0.3 is 9.47 Å². The zero-order valence-corrected chi connectivity index (χ0v) is 13.4. The molecule has 0 saturated carbocycles. The van der Waals surface area contributed by atoms with E-state index >= 15 is 0 Å². The van der Waals surface area contributed by atoms with Crippen LogP contribution in [-0.4, -0.2) is 38.1 Å². The van der Waals surface area contributed by atoms with Gasteiger partial charge in [0.15, 0.2) is 0 Å². The Hall–Kier alpha value is -1.51. The van der Waals surface area contributed by atoms with Crippen LogP contribution in [0.4, 0.5) is 0 Å². The maximum atomic E-state index is 12.3. The molecule has 0 fully saturated rings. The summed E-state index contributed by atoms with van der Waals surface area (Å²) < 4.78 is 38.4. The number of hydrogen-bond acceptors (Lipinski definition) is 7. The molecular formula is C13H16N2O4S2. The molecule has 0 bridgehead atoms. The number of aryl methyl sites for hydroxylation is 1. The van der Waals surface area contributed by atoms with Gasteiger partial charge in [0.1, 0.15) is 6.61 Å². The normalized spacial score (nSPS) is 11.5. The summed E-state index contributed by atoms with van der Waals surface area (Å²) in [6.07, 6.45) is 0. The Bertz CT molecular complexity index is 698. The summed E-state index contributed by atoms with van der Waals surface area (Å²) in [4.78, 5) is 3.91. The maximum Gasteiger partial charge on any atom is 0.329 e. The number of rotatable bonds is 7. The van der Waals surface area contributed by atoms with E-state index in [1.807, 2.05) is 25.1 Å². The summed E-state index contributed by atoms with van der Waals surface area (Å²) in [6, 6.07) is 7.44. The topological polar surface area (TPSA) is 78.4 Å². The Labute approximate surface area is 127 Å². The van der Waals surface area contributed by atoms with E-state index in [-0.39, 0.29) is 22.7 Å². The van der Waals surface area contributed by atoms with Crippen LogP contribution in [-0.2, 0) is 20.3 Å². The molecule has 0 unspecified atom stereocenters. The van der Waals surface area contributed by atoms with Gasteiger partial charge in [-0.05, 0) is 12.5 Å². The fraction of sp³-hybridized carbons (Fsp3) is 0.385. The van der Waals surface area contributed by atoms with Crippen molar-refractivity contribution in [1.82, 2.24) is 9.36 Å². The number of sulfone groups is 1. The van der Waals surface area contributed by atoms with Crippen molar-refractivity contribution in [1.29, 1.82) is 0 Å². The largest absolute Gasteiger partial charge is 0.460 e. The Kier molecular flexibility index (Phi) is 5.27. The Balaban J connectivity index is 2.09. The van der Waals surface area contributed by atoms with E-state index in [1.54, 1.807) is 13.2 Å². The second-order valence-corrected chi connectivity index (χ2v) is 7.35. The average molecular weight is 328 g/mol. The average Bonchev–Trinajstić information content (AvgIpc) is 2.88. The lowest BCUT2D eigenvalue weighted by molar-refractivity contribution is 0.141. The third kappa shape index (κ3) is 4.48. The van der Waals surface area contributed by atoms with Crippen molar-refractivity contribution >= 4 is 21.4 Å². The van der Waals surface area contributed by atoms with Crippen LogP contribution >= 0.6 is 11.5 Å². The zero-order valence-electron chi connectivity index (χ0n) is 11.8. The maximum absolute atomic E-state index is 12.3. The van der Waals surface area contributed by atoms with Crippen LogP contribution in [0.3, 0.4) is 0 Å². The van der Waals surface area contributed by atoms with Crippen LogP contribution in [0.5, 0.6) is 6.01 Å². The molecule has 0 saturated heterocycles. The molecule has 2 aromatic rings. The first-order valence-electron chi connectivity index (χ1n) is 6.25. The van der Waals surface area contributed by atoms with E-state index < -0.39 is 9.84 Å². The second-order valence-electron chi connectivity index (χ2n) is 4.43. The Morgan fingerprint density at radius 1 is 1.29 bits per heavy atom. The lowest BCUT2D eigenvalue weighted by Gasteiger charge is -2.02. The first-order chi connectivity index (χ1) is 10.0. The first kappa shape index (κ1) is 15.9. The van der Waals surface area contributed by atoms with E-state index in [0.29, 0.717) is 6.61 Å². The Morgan fingerprint density at radius 2 is 2.10 bits per heavy atom. The molecule has 0 N–H and O–H groups in total. The highest BCUT2D eigenvalue weighted by atomic mass is 32.2. The molecule has 0 atom stereocenters. The molecule has 21 heavy (non-hydrogen) atoms. The molecule has 1 aromatic heterocycles. The molecule has 0 amide bonds. The van der Waals surface area contributed by atoms with Crippen molar-refractivity contribution in [3.8, 4) is 6.01 Å². The van der Waals surface area contributed by atoms with Gasteiger partial charge >= 0.3 is 6.01 Å². The van der Waals surface area contributed by atoms with Gasteiger partial charge in [-0.15, -0.1) is 4.37 Å². The first-order valence-corrected chi connectivity index (χ1v) is 8.67. The van der Waals surface area contributed by atoms with E-state index in [0.717, 1.165) is 22.7 Å². The molecule has 0 aliphatic rings. The number of benzene rings is 1. The van der Waals surface area contributed by atoms with E-state index in [2.05, 4.69) is 9.36 Å². The number of ether oxygens (including phenoxy) is 2. The number of hydrogen-bond donors (Lipinski definition) is 0.